The standard InChI is InChI=1S/C12H22N2O3/c1-4-17-12(16)10(13)11(15)14-7-5-6-8(2)9(14)3/h8-10H,4-7,13H2,1-3H3. The second-order valence-electron chi connectivity index (χ2n) is 4.62. The number of piperidine rings is 1. The third-order valence-corrected chi connectivity index (χ3v) is 3.46. The number of nitrogens with zero attached hydrogens (tertiary/aromatic N) is 1. The van der Waals surface area contributed by atoms with Gasteiger partial charge in [0.15, 0.2) is 6.04 Å². The Bertz CT molecular complexity index is 293. The van der Waals surface area contributed by atoms with Gasteiger partial charge in [-0.2, -0.15) is 0 Å². The third-order valence-electron chi connectivity index (χ3n) is 3.46. The highest BCUT2D eigenvalue weighted by Crippen LogP contribution is 2.23. The minimum absolute atomic E-state index is 0.136. The average molecular weight is 242 g/mol. The number of ether oxygens (including phenoxy) is 1. The van der Waals surface area contributed by atoms with Crippen LogP contribution in [0.5, 0.6) is 0 Å². The SMILES string of the molecule is CCOC(=O)C(N)C(=O)N1CCCC(C)C1C. The van der Waals surface area contributed by atoms with Gasteiger partial charge in [-0.1, -0.05) is 6.92 Å². The van der Waals surface area contributed by atoms with E-state index in [9.17, 15) is 9.59 Å². The Labute approximate surface area is 102 Å². The fourth-order valence-corrected chi connectivity index (χ4v) is 2.16. The molecule has 17 heavy (non-hydrogen) atoms. The lowest BCUT2D eigenvalue weighted by Gasteiger charge is -2.38. The maximum absolute atomic E-state index is 12.1. The maximum Gasteiger partial charge on any atom is 0.332 e. The van der Waals surface area contributed by atoms with Crippen LogP contribution in [-0.4, -0.2) is 42.0 Å². The van der Waals surface area contributed by atoms with Crippen LogP contribution in [0.3, 0.4) is 0 Å². The summed E-state index contributed by atoms with van der Waals surface area (Å²) in [4.78, 5) is 25.2. The van der Waals surface area contributed by atoms with Gasteiger partial charge in [0.2, 0.25) is 0 Å². The second-order valence-corrected chi connectivity index (χ2v) is 4.62. The molecule has 98 valence electrons. The van der Waals surface area contributed by atoms with Crippen molar-refractivity contribution in [2.45, 2.75) is 45.7 Å². The highest BCUT2D eigenvalue weighted by Gasteiger charge is 2.34. The van der Waals surface area contributed by atoms with Crippen molar-refractivity contribution in [3.8, 4) is 0 Å². The summed E-state index contributed by atoms with van der Waals surface area (Å²) in [5.74, 6) is -0.507. The minimum atomic E-state index is -1.18. The molecule has 0 aromatic rings. The number of carbonyl (C=O) groups is 2. The molecule has 0 radical (unpaired) electrons. The molecule has 0 aliphatic carbocycles. The third kappa shape index (κ3) is 3.19. The molecule has 1 saturated heterocycles. The molecule has 5 nitrogen and oxygen atoms in total. The quantitative estimate of drug-likeness (QED) is 0.578. The number of likely N-dealkylation sites (tertiary alicyclic amines) is 1. The fourth-order valence-electron chi connectivity index (χ4n) is 2.16. The van der Waals surface area contributed by atoms with Crippen LogP contribution in [0, 0.1) is 5.92 Å². The number of esters is 1. The molecule has 0 aromatic carbocycles. The topological polar surface area (TPSA) is 72.6 Å². The summed E-state index contributed by atoms with van der Waals surface area (Å²) >= 11 is 0. The summed E-state index contributed by atoms with van der Waals surface area (Å²) in [6.07, 6.45) is 2.08. The van der Waals surface area contributed by atoms with Gasteiger partial charge >= 0.3 is 5.97 Å². The lowest BCUT2D eigenvalue weighted by atomic mass is 9.91. The number of amides is 1. The van der Waals surface area contributed by atoms with Crippen molar-refractivity contribution in [2.24, 2.45) is 11.7 Å². The van der Waals surface area contributed by atoms with Crippen LogP contribution in [-0.2, 0) is 14.3 Å². The van der Waals surface area contributed by atoms with Crippen LogP contribution in [0.1, 0.15) is 33.6 Å². The number of nitrogens with two attached hydrogens (primary N) is 1. The molecule has 1 aliphatic heterocycles. The molecule has 5 heteroatoms. The van der Waals surface area contributed by atoms with E-state index in [1.165, 1.54) is 0 Å². The van der Waals surface area contributed by atoms with Crippen LogP contribution >= 0.6 is 0 Å². The van der Waals surface area contributed by atoms with Crippen molar-refractivity contribution in [1.82, 2.24) is 4.90 Å². The van der Waals surface area contributed by atoms with E-state index in [0.29, 0.717) is 12.5 Å². The van der Waals surface area contributed by atoms with E-state index in [-0.39, 0.29) is 18.6 Å². The zero-order valence-corrected chi connectivity index (χ0v) is 10.8. The first-order chi connectivity index (χ1) is 7.99. The summed E-state index contributed by atoms with van der Waals surface area (Å²) < 4.78 is 4.77. The molecule has 1 amide bonds. The molecular weight excluding hydrogens is 220 g/mol. The molecule has 1 fully saturated rings. The van der Waals surface area contributed by atoms with Crippen molar-refractivity contribution in [1.29, 1.82) is 0 Å². The first-order valence-corrected chi connectivity index (χ1v) is 6.21. The van der Waals surface area contributed by atoms with E-state index in [2.05, 4.69) is 6.92 Å². The number of carbonyl (C=O) groups excluding carboxylic acids is 2. The second kappa shape index (κ2) is 6.00. The van der Waals surface area contributed by atoms with Gasteiger partial charge in [0.05, 0.1) is 6.61 Å². The van der Waals surface area contributed by atoms with Crippen molar-refractivity contribution >= 4 is 11.9 Å². The molecule has 0 spiro atoms. The van der Waals surface area contributed by atoms with Crippen LogP contribution in [0.15, 0.2) is 0 Å². The highest BCUT2D eigenvalue weighted by atomic mass is 16.5. The van der Waals surface area contributed by atoms with Gasteiger partial charge in [-0.3, -0.25) is 4.79 Å². The number of rotatable bonds is 3. The largest absolute Gasteiger partial charge is 0.464 e. The summed E-state index contributed by atoms with van der Waals surface area (Å²) in [7, 11) is 0. The van der Waals surface area contributed by atoms with E-state index in [1.54, 1.807) is 11.8 Å². The van der Waals surface area contributed by atoms with Gasteiger partial charge in [0.25, 0.3) is 5.91 Å². The Morgan fingerprint density at radius 3 is 2.71 bits per heavy atom. The molecule has 0 aromatic heterocycles. The lowest BCUT2D eigenvalue weighted by Crippen LogP contribution is -2.54. The predicted molar refractivity (Wildman–Crippen MR) is 64.2 cm³/mol. The van der Waals surface area contributed by atoms with Gasteiger partial charge in [-0.05, 0) is 32.6 Å². The average Bonchev–Trinajstić information content (AvgIpc) is 2.31. The van der Waals surface area contributed by atoms with Crippen LogP contribution in [0.25, 0.3) is 0 Å². The predicted octanol–water partition coefficient (Wildman–Crippen LogP) is 0.524. The van der Waals surface area contributed by atoms with Crippen molar-refractivity contribution < 1.29 is 14.3 Å². The lowest BCUT2D eigenvalue weighted by molar-refractivity contribution is -0.152. The minimum Gasteiger partial charge on any atom is -0.464 e. The Hall–Kier alpha value is -1.10. The molecule has 3 unspecified atom stereocenters. The summed E-state index contributed by atoms with van der Waals surface area (Å²) in [6.45, 7) is 6.73. The van der Waals surface area contributed by atoms with Crippen LogP contribution in [0.4, 0.5) is 0 Å². The normalized spacial score (nSPS) is 26.5. The van der Waals surface area contributed by atoms with E-state index in [1.807, 2.05) is 6.92 Å². The maximum atomic E-state index is 12.1. The molecule has 0 bridgehead atoms. The van der Waals surface area contributed by atoms with Gasteiger partial charge in [0, 0.05) is 12.6 Å². The van der Waals surface area contributed by atoms with Crippen LogP contribution < -0.4 is 5.73 Å². The zero-order chi connectivity index (χ0) is 13.0. The summed E-state index contributed by atoms with van der Waals surface area (Å²) in [5, 5.41) is 0. The monoisotopic (exact) mass is 242 g/mol. The van der Waals surface area contributed by atoms with Crippen LogP contribution in [0.2, 0.25) is 0 Å². The van der Waals surface area contributed by atoms with Crippen molar-refractivity contribution in [2.75, 3.05) is 13.2 Å². The van der Waals surface area contributed by atoms with Gasteiger partial charge in [0.1, 0.15) is 0 Å². The molecular formula is C12H22N2O3. The van der Waals surface area contributed by atoms with E-state index < -0.39 is 12.0 Å². The molecule has 1 rings (SSSR count). The Kier molecular flexibility index (Phi) is 4.93. The number of hydrogen-bond acceptors (Lipinski definition) is 4. The molecule has 1 heterocycles. The zero-order valence-electron chi connectivity index (χ0n) is 10.8. The Balaban J connectivity index is 2.65. The number of hydrogen-bond donors (Lipinski definition) is 1. The Morgan fingerprint density at radius 1 is 1.47 bits per heavy atom. The van der Waals surface area contributed by atoms with Gasteiger partial charge < -0.3 is 15.4 Å². The molecule has 2 N–H and O–H groups in total. The van der Waals surface area contributed by atoms with Crippen molar-refractivity contribution in [3.63, 3.8) is 0 Å². The Morgan fingerprint density at radius 2 is 2.12 bits per heavy atom. The van der Waals surface area contributed by atoms with E-state index >= 15 is 0 Å². The molecule has 0 saturated carbocycles. The summed E-state index contributed by atoms with van der Waals surface area (Å²) in [6, 6.07) is -1.04. The van der Waals surface area contributed by atoms with E-state index in [0.717, 1.165) is 12.8 Å². The van der Waals surface area contributed by atoms with Gasteiger partial charge in [-0.25, -0.2) is 4.79 Å². The molecule has 3 atom stereocenters. The first-order valence-electron chi connectivity index (χ1n) is 6.21. The highest BCUT2D eigenvalue weighted by molar-refractivity contribution is 6.01. The molecule has 1 aliphatic rings. The first kappa shape index (κ1) is 14.0. The van der Waals surface area contributed by atoms with Crippen molar-refractivity contribution in [3.05, 3.63) is 0 Å². The summed E-state index contributed by atoms with van der Waals surface area (Å²) in [5.41, 5.74) is 5.62. The smallest absolute Gasteiger partial charge is 0.332 e. The van der Waals surface area contributed by atoms with E-state index in [4.69, 9.17) is 10.5 Å². The van der Waals surface area contributed by atoms with Gasteiger partial charge in [-0.15, -0.1) is 0 Å². The fraction of sp³-hybridized carbons (Fsp3) is 0.833.